The maximum atomic E-state index is 6.06. The molecule has 0 spiro atoms. The van der Waals surface area contributed by atoms with Crippen molar-refractivity contribution in [3.63, 3.8) is 0 Å². The van der Waals surface area contributed by atoms with Crippen molar-refractivity contribution in [2.45, 2.75) is 39.7 Å². The number of hydrogen-bond acceptors (Lipinski definition) is 4. The fourth-order valence-corrected chi connectivity index (χ4v) is 2.53. The van der Waals surface area contributed by atoms with Gasteiger partial charge < -0.3 is 5.32 Å². The first-order chi connectivity index (χ1) is 8.58. The smallest absolute Gasteiger partial charge is 0.137 e. The lowest BCUT2D eigenvalue weighted by molar-refractivity contribution is 0.269. The van der Waals surface area contributed by atoms with Crippen LogP contribution in [0.1, 0.15) is 31.2 Å². The van der Waals surface area contributed by atoms with Gasteiger partial charge in [0.2, 0.25) is 0 Å². The molecule has 0 saturated carbocycles. The van der Waals surface area contributed by atoms with Gasteiger partial charge in [0, 0.05) is 18.2 Å². The van der Waals surface area contributed by atoms with Crippen molar-refractivity contribution in [1.29, 1.82) is 0 Å². The second-order valence-corrected chi connectivity index (χ2v) is 5.37. The van der Waals surface area contributed by atoms with Gasteiger partial charge >= 0.3 is 0 Å². The molecule has 1 atom stereocenters. The van der Waals surface area contributed by atoms with Gasteiger partial charge in [-0.15, -0.1) is 0 Å². The Morgan fingerprint density at radius 3 is 2.61 bits per heavy atom. The zero-order chi connectivity index (χ0) is 13.1. The molecule has 4 nitrogen and oxygen atoms in total. The lowest BCUT2D eigenvalue weighted by atomic mass is 10.2. The summed E-state index contributed by atoms with van der Waals surface area (Å²) in [5.41, 5.74) is 0.927. The van der Waals surface area contributed by atoms with E-state index in [9.17, 15) is 0 Å². The van der Waals surface area contributed by atoms with Crippen molar-refractivity contribution in [3.8, 4) is 0 Å². The van der Waals surface area contributed by atoms with E-state index in [1.54, 1.807) is 0 Å². The molecule has 1 aromatic rings. The minimum Gasteiger partial charge on any atom is -0.368 e. The van der Waals surface area contributed by atoms with Crippen LogP contribution in [-0.2, 0) is 0 Å². The summed E-state index contributed by atoms with van der Waals surface area (Å²) in [5.74, 6) is 1.57. The zero-order valence-corrected chi connectivity index (χ0v) is 12.1. The summed E-state index contributed by atoms with van der Waals surface area (Å²) in [7, 11) is 0. The predicted octanol–water partition coefficient (Wildman–Crippen LogP) is 2.64. The molecular weight excluding hydrogens is 248 g/mol. The number of aryl methyl sites for hydroxylation is 1. The fraction of sp³-hybridized carbons (Fsp3) is 0.692. The molecule has 100 valence electrons. The third-order valence-electron chi connectivity index (χ3n) is 3.53. The van der Waals surface area contributed by atoms with E-state index in [2.05, 4.69) is 27.1 Å². The zero-order valence-electron chi connectivity index (χ0n) is 11.3. The summed E-state index contributed by atoms with van der Waals surface area (Å²) >= 11 is 6.06. The molecule has 1 unspecified atom stereocenters. The van der Waals surface area contributed by atoms with Crippen LogP contribution >= 0.6 is 11.6 Å². The Balaban J connectivity index is 1.97. The van der Waals surface area contributed by atoms with Gasteiger partial charge in [0.05, 0.1) is 0 Å². The minimum absolute atomic E-state index is 0.529. The van der Waals surface area contributed by atoms with Crippen LogP contribution in [0.4, 0.5) is 5.82 Å². The molecule has 1 aromatic heterocycles. The molecule has 2 heterocycles. The van der Waals surface area contributed by atoms with Gasteiger partial charge in [-0.2, -0.15) is 0 Å². The summed E-state index contributed by atoms with van der Waals surface area (Å²) in [5, 5.41) is 3.93. The third-order valence-corrected chi connectivity index (χ3v) is 3.90. The summed E-state index contributed by atoms with van der Waals surface area (Å²) < 4.78 is 0. The number of rotatable bonds is 4. The number of nitrogens with one attached hydrogen (secondary N) is 1. The molecule has 1 N–H and O–H groups in total. The summed E-state index contributed by atoms with van der Waals surface area (Å²) in [4.78, 5) is 11.1. The molecule has 0 radical (unpaired) electrons. The number of nitrogens with zero attached hydrogens (tertiary/aromatic N) is 3. The highest BCUT2D eigenvalue weighted by atomic mass is 35.5. The van der Waals surface area contributed by atoms with E-state index < -0.39 is 0 Å². The molecular formula is C13H21ClN4. The molecule has 1 aliphatic heterocycles. The van der Waals surface area contributed by atoms with E-state index in [0.717, 1.165) is 17.9 Å². The standard InChI is InChI=1S/C13H21ClN4/c1-9(18-6-4-5-7-18)8-15-13-10(2)12(14)16-11(3)17-13/h9H,4-8H2,1-3H3,(H,15,16,17). The summed E-state index contributed by atoms with van der Waals surface area (Å²) in [6.07, 6.45) is 2.64. The first-order valence-corrected chi connectivity index (χ1v) is 6.94. The van der Waals surface area contributed by atoms with Crippen LogP contribution in [0, 0.1) is 13.8 Å². The molecule has 0 aromatic carbocycles. The second kappa shape index (κ2) is 5.85. The SMILES string of the molecule is Cc1nc(Cl)c(C)c(NCC(C)N2CCCC2)n1. The molecule has 0 aliphatic carbocycles. The molecule has 2 rings (SSSR count). The summed E-state index contributed by atoms with van der Waals surface area (Å²) in [6, 6.07) is 0.529. The first-order valence-electron chi connectivity index (χ1n) is 6.56. The monoisotopic (exact) mass is 268 g/mol. The Morgan fingerprint density at radius 1 is 1.28 bits per heavy atom. The fourth-order valence-electron chi connectivity index (χ4n) is 2.32. The lowest BCUT2D eigenvalue weighted by Gasteiger charge is -2.24. The number of aromatic nitrogens is 2. The number of likely N-dealkylation sites (tertiary alicyclic amines) is 1. The van der Waals surface area contributed by atoms with E-state index in [-0.39, 0.29) is 0 Å². The number of anilines is 1. The van der Waals surface area contributed by atoms with E-state index >= 15 is 0 Å². The molecule has 1 fully saturated rings. The molecule has 5 heteroatoms. The van der Waals surface area contributed by atoms with Gasteiger partial charge in [-0.05, 0) is 46.7 Å². The Morgan fingerprint density at radius 2 is 1.94 bits per heavy atom. The van der Waals surface area contributed by atoms with Gasteiger partial charge in [-0.1, -0.05) is 11.6 Å². The Kier molecular flexibility index (Phi) is 4.40. The van der Waals surface area contributed by atoms with E-state index in [1.807, 2.05) is 13.8 Å². The topological polar surface area (TPSA) is 41.1 Å². The molecule has 1 aliphatic rings. The highest BCUT2D eigenvalue weighted by molar-refractivity contribution is 6.30. The molecule has 18 heavy (non-hydrogen) atoms. The quantitative estimate of drug-likeness (QED) is 0.853. The van der Waals surface area contributed by atoms with Crippen LogP contribution in [0.3, 0.4) is 0 Å². The third kappa shape index (κ3) is 3.12. The van der Waals surface area contributed by atoms with Crippen LogP contribution < -0.4 is 5.32 Å². The largest absolute Gasteiger partial charge is 0.368 e. The average Bonchev–Trinajstić information content (AvgIpc) is 2.85. The lowest BCUT2D eigenvalue weighted by Crippen LogP contribution is -2.35. The minimum atomic E-state index is 0.529. The van der Waals surface area contributed by atoms with E-state index in [1.165, 1.54) is 25.9 Å². The molecule has 0 bridgehead atoms. The van der Waals surface area contributed by atoms with Crippen molar-refractivity contribution in [3.05, 3.63) is 16.5 Å². The Labute approximate surface area is 114 Å². The maximum Gasteiger partial charge on any atom is 0.137 e. The highest BCUT2D eigenvalue weighted by Gasteiger charge is 2.18. The van der Waals surface area contributed by atoms with Gasteiger partial charge in [0.1, 0.15) is 16.8 Å². The normalized spacial score (nSPS) is 18.0. The van der Waals surface area contributed by atoms with E-state index in [4.69, 9.17) is 11.6 Å². The van der Waals surface area contributed by atoms with Crippen molar-refractivity contribution >= 4 is 17.4 Å². The van der Waals surface area contributed by atoms with Crippen LogP contribution in [0.2, 0.25) is 5.15 Å². The number of halogens is 1. The average molecular weight is 269 g/mol. The Bertz CT molecular complexity index is 416. The molecule has 0 amide bonds. The van der Waals surface area contributed by atoms with Gasteiger partial charge in [-0.3, -0.25) is 4.90 Å². The van der Waals surface area contributed by atoms with Crippen molar-refractivity contribution in [2.75, 3.05) is 25.0 Å². The highest BCUT2D eigenvalue weighted by Crippen LogP contribution is 2.20. The van der Waals surface area contributed by atoms with Crippen molar-refractivity contribution in [2.24, 2.45) is 0 Å². The van der Waals surface area contributed by atoms with E-state index in [0.29, 0.717) is 17.0 Å². The van der Waals surface area contributed by atoms with Crippen molar-refractivity contribution in [1.82, 2.24) is 14.9 Å². The Hall–Kier alpha value is -0.870. The summed E-state index contributed by atoms with van der Waals surface area (Å²) in [6.45, 7) is 9.39. The second-order valence-electron chi connectivity index (χ2n) is 5.01. The van der Waals surface area contributed by atoms with Crippen LogP contribution in [-0.4, -0.2) is 40.5 Å². The predicted molar refractivity (Wildman–Crippen MR) is 75.3 cm³/mol. The number of hydrogen-bond donors (Lipinski definition) is 1. The van der Waals surface area contributed by atoms with Crippen molar-refractivity contribution < 1.29 is 0 Å². The molecule has 1 saturated heterocycles. The van der Waals surface area contributed by atoms with Gasteiger partial charge in [0.15, 0.2) is 0 Å². The van der Waals surface area contributed by atoms with Crippen LogP contribution in [0.15, 0.2) is 0 Å². The van der Waals surface area contributed by atoms with Crippen LogP contribution in [0.5, 0.6) is 0 Å². The maximum absolute atomic E-state index is 6.06. The first kappa shape index (κ1) is 13.6. The van der Waals surface area contributed by atoms with Gasteiger partial charge in [-0.25, -0.2) is 9.97 Å². The van der Waals surface area contributed by atoms with Crippen LogP contribution in [0.25, 0.3) is 0 Å². The van der Waals surface area contributed by atoms with Gasteiger partial charge in [0.25, 0.3) is 0 Å².